The third-order valence-electron chi connectivity index (χ3n) is 4.61. The summed E-state index contributed by atoms with van der Waals surface area (Å²) < 4.78 is 7.42. The Labute approximate surface area is 169 Å². The van der Waals surface area contributed by atoms with Crippen LogP contribution in [0.4, 0.5) is 0 Å². The summed E-state index contributed by atoms with van der Waals surface area (Å²) in [5.41, 5.74) is 2.05. The van der Waals surface area contributed by atoms with Gasteiger partial charge in [0.05, 0.1) is 25.3 Å². The number of hydrogen-bond acceptors (Lipinski definition) is 6. The first-order chi connectivity index (χ1) is 13.6. The molecule has 150 valence electrons. The van der Waals surface area contributed by atoms with Gasteiger partial charge in [0, 0.05) is 23.9 Å². The maximum Gasteiger partial charge on any atom is 0.192 e. The summed E-state index contributed by atoms with van der Waals surface area (Å²) in [6.45, 7) is 7.86. The normalized spacial score (nSPS) is 11.8. The van der Waals surface area contributed by atoms with Crippen molar-refractivity contribution in [3.05, 3.63) is 51.1 Å². The van der Waals surface area contributed by atoms with E-state index < -0.39 is 0 Å². The zero-order valence-corrected chi connectivity index (χ0v) is 17.6. The van der Waals surface area contributed by atoms with Crippen molar-refractivity contribution in [1.82, 2.24) is 30.6 Å². The summed E-state index contributed by atoms with van der Waals surface area (Å²) in [5.74, 6) is 3.37. The molecule has 0 atom stereocenters. The van der Waals surface area contributed by atoms with Crippen LogP contribution < -0.4 is 10.6 Å². The lowest BCUT2D eigenvalue weighted by Gasteiger charge is -2.12. The van der Waals surface area contributed by atoms with Crippen LogP contribution in [0.3, 0.4) is 0 Å². The van der Waals surface area contributed by atoms with Crippen molar-refractivity contribution >= 4 is 17.3 Å². The molecule has 3 aromatic heterocycles. The lowest BCUT2D eigenvalue weighted by molar-refractivity contribution is 0.380. The predicted octanol–water partition coefficient (Wildman–Crippen LogP) is 2.73. The first kappa shape index (κ1) is 20.1. The van der Waals surface area contributed by atoms with Crippen molar-refractivity contribution in [2.24, 2.45) is 12.0 Å². The van der Waals surface area contributed by atoms with Gasteiger partial charge in [0.25, 0.3) is 0 Å². The molecule has 3 heterocycles. The molecule has 8 nitrogen and oxygen atoms in total. The van der Waals surface area contributed by atoms with Crippen molar-refractivity contribution in [1.29, 1.82) is 0 Å². The van der Waals surface area contributed by atoms with Crippen LogP contribution in [0, 0.1) is 6.92 Å². The number of thiophene rings is 1. The number of nitrogens with one attached hydrogen (secondary N) is 2. The first-order valence-corrected chi connectivity index (χ1v) is 10.4. The maximum absolute atomic E-state index is 5.45. The third-order valence-corrected chi connectivity index (χ3v) is 5.49. The molecule has 0 aliphatic carbocycles. The van der Waals surface area contributed by atoms with Gasteiger partial charge < -0.3 is 19.7 Å². The Balaban J connectivity index is 1.73. The molecule has 2 N–H and O–H groups in total. The van der Waals surface area contributed by atoms with Crippen LogP contribution in [0.2, 0.25) is 0 Å². The largest absolute Gasteiger partial charge is 0.361 e. The van der Waals surface area contributed by atoms with E-state index >= 15 is 0 Å². The second-order valence-corrected chi connectivity index (χ2v) is 7.44. The second-order valence-electron chi connectivity index (χ2n) is 6.41. The number of nitrogens with zero attached hydrogens (tertiary/aromatic N) is 5. The minimum atomic E-state index is 0.521. The quantitative estimate of drug-likeness (QED) is 0.445. The van der Waals surface area contributed by atoms with Crippen LogP contribution in [0.25, 0.3) is 0 Å². The average Bonchev–Trinajstić information content (AvgIpc) is 3.43. The van der Waals surface area contributed by atoms with Gasteiger partial charge in [-0.25, -0.2) is 4.99 Å². The molecule has 0 aliphatic heterocycles. The molecule has 3 aromatic rings. The lowest BCUT2D eigenvalue weighted by Crippen LogP contribution is -2.37. The molecule has 28 heavy (non-hydrogen) atoms. The molecule has 3 rings (SSSR count). The molecule has 9 heteroatoms. The van der Waals surface area contributed by atoms with Crippen LogP contribution in [0.15, 0.2) is 27.0 Å². The highest BCUT2D eigenvalue weighted by molar-refractivity contribution is 7.09. The predicted molar refractivity (Wildman–Crippen MR) is 110 cm³/mol. The van der Waals surface area contributed by atoms with Crippen molar-refractivity contribution in [2.75, 3.05) is 0 Å². The molecule has 0 amide bonds. The summed E-state index contributed by atoms with van der Waals surface area (Å²) in [6.07, 6.45) is 1.64. The lowest BCUT2D eigenvalue weighted by atomic mass is 10.1. The van der Waals surface area contributed by atoms with E-state index in [9.17, 15) is 0 Å². The highest BCUT2D eigenvalue weighted by Crippen LogP contribution is 2.17. The number of aryl methyl sites for hydroxylation is 3. The number of aliphatic imine (C=N–C) groups is 1. The van der Waals surface area contributed by atoms with E-state index in [1.165, 1.54) is 4.88 Å². The SMILES string of the molecule is CCc1noc(CC)c1CN=C(NCc1cccs1)NCc1nnc(C)n1C. The Hall–Kier alpha value is -2.68. The van der Waals surface area contributed by atoms with Crippen LogP contribution in [-0.2, 0) is 39.5 Å². The van der Waals surface area contributed by atoms with Crippen molar-refractivity contribution in [2.45, 2.75) is 53.2 Å². The Morgan fingerprint density at radius 3 is 2.68 bits per heavy atom. The van der Waals surface area contributed by atoms with Crippen LogP contribution >= 0.6 is 11.3 Å². The third kappa shape index (κ3) is 4.78. The maximum atomic E-state index is 5.45. The molecule has 0 spiro atoms. The zero-order chi connectivity index (χ0) is 19.9. The summed E-state index contributed by atoms with van der Waals surface area (Å²) >= 11 is 1.72. The minimum Gasteiger partial charge on any atom is -0.361 e. The molecule has 0 aliphatic rings. The van der Waals surface area contributed by atoms with Gasteiger partial charge in [0.1, 0.15) is 11.6 Å². The molecule has 0 fully saturated rings. The van der Waals surface area contributed by atoms with Gasteiger partial charge in [0.15, 0.2) is 11.8 Å². The van der Waals surface area contributed by atoms with Gasteiger partial charge in [-0.2, -0.15) is 0 Å². The van der Waals surface area contributed by atoms with Crippen molar-refractivity contribution in [3.63, 3.8) is 0 Å². The molecule has 0 bridgehead atoms. The fraction of sp³-hybridized carbons (Fsp3) is 0.474. The minimum absolute atomic E-state index is 0.521. The van der Waals surface area contributed by atoms with Crippen LogP contribution in [0.1, 0.15) is 47.4 Å². The number of hydrogen-bond donors (Lipinski definition) is 2. The van der Waals surface area contributed by atoms with Gasteiger partial charge in [-0.3, -0.25) is 0 Å². The van der Waals surface area contributed by atoms with Crippen LogP contribution in [0.5, 0.6) is 0 Å². The number of aromatic nitrogens is 4. The van der Waals surface area contributed by atoms with Crippen molar-refractivity contribution < 1.29 is 4.52 Å². The zero-order valence-electron chi connectivity index (χ0n) is 16.8. The topological polar surface area (TPSA) is 93.2 Å². The molecular weight excluding hydrogens is 374 g/mol. The number of guanidine groups is 1. The number of rotatable bonds is 8. The molecule has 0 radical (unpaired) electrons. The first-order valence-electron chi connectivity index (χ1n) is 9.48. The Morgan fingerprint density at radius 2 is 2.04 bits per heavy atom. The average molecular weight is 402 g/mol. The monoisotopic (exact) mass is 401 g/mol. The Bertz CT molecular complexity index is 890. The summed E-state index contributed by atoms with van der Waals surface area (Å²) in [5, 5.41) is 21.3. The standard InChI is InChI=1S/C19H27N7OS/c1-5-16-15(17(6-2)27-25-16)11-21-19(20-10-14-8-7-9-28-14)22-12-18-24-23-13(3)26(18)4/h7-9H,5-6,10-12H2,1-4H3,(H2,20,21,22). The van der Waals surface area contributed by atoms with Gasteiger partial charge in [-0.05, 0) is 24.8 Å². The van der Waals surface area contributed by atoms with Gasteiger partial charge in [0.2, 0.25) is 0 Å². The molecule has 0 saturated carbocycles. The molecule has 0 unspecified atom stereocenters. The Morgan fingerprint density at radius 1 is 1.21 bits per heavy atom. The van der Waals surface area contributed by atoms with E-state index in [-0.39, 0.29) is 0 Å². The summed E-state index contributed by atoms with van der Waals surface area (Å²) in [4.78, 5) is 6.02. The van der Waals surface area contributed by atoms with E-state index in [0.717, 1.165) is 47.5 Å². The molecule has 0 aromatic carbocycles. The highest BCUT2D eigenvalue weighted by Gasteiger charge is 2.13. The fourth-order valence-corrected chi connectivity index (χ4v) is 3.45. The molecular formula is C19H27N7OS. The van der Waals surface area contributed by atoms with E-state index in [2.05, 4.69) is 51.3 Å². The molecule has 0 saturated heterocycles. The highest BCUT2D eigenvalue weighted by atomic mass is 32.1. The van der Waals surface area contributed by atoms with E-state index in [1.807, 2.05) is 24.6 Å². The van der Waals surface area contributed by atoms with E-state index in [4.69, 9.17) is 9.52 Å². The summed E-state index contributed by atoms with van der Waals surface area (Å²) in [6, 6.07) is 4.15. The van der Waals surface area contributed by atoms with Gasteiger partial charge in [-0.1, -0.05) is 25.1 Å². The smallest absolute Gasteiger partial charge is 0.192 e. The second kappa shape index (κ2) is 9.50. The Kier molecular flexibility index (Phi) is 6.80. The fourth-order valence-electron chi connectivity index (χ4n) is 2.80. The van der Waals surface area contributed by atoms with E-state index in [0.29, 0.717) is 19.6 Å². The van der Waals surface area contributed by atoms with Crippen LogP contribution in [-0.4, -0.2) is 25.9 Å². The van der Waals surface area contributed by atoms with Crippen molar-refractivity contribution in [3.8, 4) is 0 Å². The van der Waals surface area contributed by atoms with Gasteiger partial charge >= 0.3 is 0 Å². The summed E-state index contributed by atoms with van der Waals surface area (Å²) in [7, 11) is 1.96. The van der Waals surface area contributed by atoms with E-state index in [1.54, 1.807) is 11.3 Å². The van der Waals surface area contributed by atoms with Gasteiger partial charge in [-0.15, -0.1) is 21.5 Å².